The van der Waals surface area contributed by atoms with E-state index in [9.17, 15) is 9.30 Å². The number of nitrogens with one attached hydrogen (secondary N) is 1. The summed E-state index contributed by atoms with van der Waals surface area (Å²) >= 11 is 0. The Morgan fingerprint density at radius 3 is 2.76 bits per heavy atom. The molecule has 1 N–H and O–H groups in total. The molecule has 1 aliphatic heterocycles. The third-order valence-corrected chi connectivity index (χ3v) is 4.58. The number of nitrogens with zero attached hydrogens (tertiary/aromatic N) is 2. The van der Waals surface area contributed by atoms with Crippen LogP contribution < -0.4 is 15.0 Å². The number of hydrogen-bond acceptors (Lipinski definition) is 5. The summed E-state index contributed by atoms with van der Waals surface area (Å²) in [5.41, 5.74) is 2.25. The first-order chi connectivity index (χ1) is 12.2. The summed E-state index contributed by atoms with van der Waals surface area (Å²) < 4.78 is 19.8. The van der Waals surface area contributed by atoms with E-state index in [0.717, 1.165) is 17.8 Å². The molecule has 1 saturated heterocycles. The van der Waals surface area contributed by atoms with Crippen LogP contribution in [0.5, 0.6) is 5.75 Å². The SMILES string of the molecule is COc1cc(N2CC[C@H](NCc3ccccc3)[C@H](F)C2)ccc1N=O. The number of methoxy groups -OCH3 is 1. The zero-order valence-corrected chi connectivity index (χ0v) is 14.2. The van der Waals surface area contributed by atoms with Gasteiger partial charge in [-0.2, -0.15) is 0 Å². The maximum Gasteiger partial charge on any atom is 0.150 e. The number of rotatable bonds is 6. The van der Waals surface area contributed by atoms with Gasteiger partial charge in [-0.15, -0.1) is 4.91 Å². The number of ether oxygens (including phenoxy) is 1. The first-order valence-electron chi connectivity index (χ1n) is 8.39. The number of benzene rings is 2. The second-order valence-electron chi connectivity index (χ2n) is 6.17. The summed E-state index contributed by atoms with van der Waals surface area (Å²) in [6, 6.07) is 15.0. The van der Waals surface area contributed by atoms with Crippen molar-refractivity contribution in [3.8, 4) is 5.75 Å². The van der Waals surface area contributed by atoms with Crippen molar-refractivity contribution in [1.29, 1.82) is 0 Å². The van der Waals surface area contributed by atoms with E-state index in [1.807, 2.05) is 35.2 Å². The van der Waals surface area contributed by atoms with Crippen LogP contribution in [0.1, 0.15) is 12.0 Å². The van der Waals surface area contributed by atoms with Crippen LogP contribution in [0.25, 0.3) is 0 Å². The van der Waals surface area contributed by atoms with E-state index in [-0.39, 0.29) is 11.7 Å². The van der Waals surface area contributed by atoms with Crippen molar-refractivity contribution < 1.29 is 9.13 Å². The predicted molar refractivity (Wildman–Crippen MR) is 97.2 cm³/mol. The molecular formula is C19H22FN3O2. The Bertz CT molecular complexity index is 711. The topological polar surface area (TPSA) is 53.9 Å². The lowest BCUT2D eigenvalue weighted by molar-refractivity contribution is 0.218. The van der Waals surface area contributed by atoms with Crippen LogP contribution in [0.15, 0.2) is 53.7 Å². The molecule has 2 aromatic rings. The largest absolute Gasteiger partial charge is 0.494 e. The molecule has 1 fully saturated rings. The van der Waals surface area contributed by atoms with Crippen LogP contribution in [0.3, 0.4) is 0 Å². The van der Waals surface area contributed by atoms with E-state index in [1.165, 1.54) is 7.11 Å². The lowest BCUT2D eigenvalue weighted by Gasteiger charge is -2.36. The van der Waals surface area contributed by atoms with Crippen molar-refractivity contribution in [2.45, 2.75) is 25.2 Å². The minimum atomic E-state index is -0.965. The van der Waals surface area contributed by atoms with Gasteiger partial charge in [0.15, 0.2) is 0 Å². The van der Waals surface area contributed by atoms with E-state index in [2.05, 4.69) is 10.5 Å². The van der Waals surface area contributed by atoms with Crippen LogP contribution in [0, 0.1) is 4.91 Å². The molecule has 0 aliphatic carbocycles. The molecule has 1 aliphatic rings. The molecule has 0 bridgehead atoms. The van der Waals surface area contributed by atoms with Gasteiger partial charge >= 0.3 is 0 Å². The van der Waals surface area contributed by atoms with Gasteiger partial charge < -0.3 is 15.0 Å². The summed E-state index contributed by atoms with van der Waals surface area (Å²) in [7, 11) is 1.49. The molecule has 3 rings (SSSR count). The van der Waals surface area contributed by atoms with Gasteiger partial charge in [-0.05, 0) is 29.3 Å². The second kappa shape index (κ2) is 8.07. The van der Waals surface area contributed by atoms with E-state index in [1.54, 1.807) is 18.2 Å². The van der Waals surface area contributed by atoms with E-state index in [0.29, 0.717) is 25.3 Å². The van der Waals surface area contributed by atoms with Gasteiger partial charge in [-0.3, -0.25) is 0 Å². The normalized spacial score (nSPS) is 20.3. The lowest BCUT2D eigenvalue weighted by Crippen LogP contribution is -2.50. The van der Waals surface area contributed by atoms with Gasteiger partial charge in [0.2, 0.25) is 0 Å². The Labute approximate surface area is 146 Å². The Morgan fingerprint density at radius 2 is 2.08 bits per heavy atom. The fourth-order valence-corrected chi connectivity index (χ4v) is 3.15. The molecular weight excluding hydrogens is 321 g/mol. The first-order valence-corrected chi connectivity index (χ1v) is 8.39. The highest BCUT2D eigenvalue weighted by Gasteiger charge is 2.29. The number of piperidine rings is 1. The van der Waals surface area contributed by atoms with Crippen molar-refractivity contribution in [2.75, 3.05) is 25.1 Å². The molecule has 0 spiro atoms. The van der Waals surface area contributed by atoms with Crippen molar-refractivity contribution in [3.05, 3.63) is 59.0 Å². The van der Waals surface area contributed by atoms with Crippen molar-refractivity contribution >= 4 is 11.4 Å². The molecule has 0 aromatic heterocycles. The predicted octanol–water partition coefficient (Wildman–Crippen LogP) is 3.80. The second-order valence-corrected chi connectivity index (χ2v) is 6.17. The van der Waals surface area contributed by atoms with Crippen LogP contribution >= 0.6 is 0 Å². The van der Waals surface area contributed by atoms with Crippen LogP contribution in [-0.2, 0) is 6.54 Å². The van der Waals surface area contributed by atoms with Crippen molar-refractivity contribution in [1.82, 2.24) is 5.32 Å². The summed E-state index contributed by atoms with van der Waals surface area (Å²) in [4.78, 5) is 12.7. The fourth-order valence-electron chi connectivity index (χ4n) is 3.15. The van der Waals surface area contributed by atoms with E-state index in [4.69, 9.17) is 4.74 Å². The minimum absolute atomic E-state index is 0.158. The Hall–Kier alpha value is -2.47. The van der Waals surface area contributed by atoms with Gasteiger partial charge in [0.05, 0.1) is 13.7 Å². The quantitative estimate of drug-likeness (QED) is 0.811. The zero-order chi connectivity index (χ0) is 17.6. The average molecular weight is 343 g/mol. The molecule has 1 heterocycles. The fraction of sp³-hybridized carbons (Fsp3) is 0.368. The smallest absolute Gasteiger partial charge is 0.150 e. The van der Waals surface area contributed by atoms with Crippen molar-refractivity contribution in [2.24, 2.45) is 5.18 Å². The maximum absolute atomic E-state index is 14.6. The molecule has 0 radical (unpaired) electrons. The van der Waals surface area contributed by atoms with Gasteiger partial charge in [0.25, 0.3) is 0 Å². The van der Waals surface area contributed by atoms with E-state index >= 15 is 0 Å². The summed E-state index contributed by atoms with van der Waals surface area (Å²) in [6.07, 6.45) is -0.253. The molecule has 0 unspecified atom stereocenters. The maximum atomic E-state index is 14.6. The van der Waals surface area contributed by atoms with Crippen molar-refractivity contribution in [3.63, 3.8) is 0 Å². The number of alkyl halides is 1. The summed E-state index contributed by atoms with van der Waals surface area (Å²) in [5.74, 6) is 0.409. The number of hydrogen-bond donors (Lipinski definition) is 1. The standard InChI is InChI=1S/C19H22FN3O2/c1-25-19-11-15(7-8-18(19)22-24)23-10-9-17(16(20)13-23)21-12-14-5-3-2-4-6-14/h2-8,11,16-17,21H,9-10,12-13H2,1H3/t16-,17+/m1/s1. The lowest BCUT2D eigenvalue weighted by atomic mass is 10.0. The van der Waals surface area contributed by atoms with Crippen LogP contribution in [0.4, 0.5) is 15.8 Å². The first kappa shape index (κ1) is 17.4. The van der Waals surface area contributed by atoms with E-state index < -0.39 is 6.17 Å². The Kier molecular flexibility index (Phi) is 5.60. The summed E-state index contributed by atoms with van der Waals surface area (Å²) in [5, 5.41) is 6.25. The Balaban J connectivity index is 1.60. The molecule has 0 saturated carbocycles. The van der Waals surface area contributed by atoms with Gasteiger partial charge in [-0.25, -0.2) is 4.39 Å². The molecule has 2 atom stereocenters. The molecule has 25 heavy (non-hydrogen) atoms. The molecule has 5 nitrogen and oxygen atoms in total. The van der Waals surface area contributed by atoms with Crippen LogP contribution in [-0.4, -0.2) is 32.4 Å². The van der Waals surface area contributed by atoms with Gasteiger partial charge in [0, 0.05) is 30.9 Å². The third kappa shape index (κ3) is 4.14. The number of anilines is 1. The number of halogens is 1. The monoisotopic (exact) mass is 343 g/mol. The number of nitroso groups, excluding NO2 is 1. The average Bonchev–Trinajstić information content (AvgIpc) is 2.67. The zero-order valence-electron chi connectivity index (χ0n) is 14.2. The van der Waals surface area contributed by atoms with Gasteiger partial charge in [-0.1, -0.05) is 30.3 Å². The minimum Gasteiger partial charge on any atom is -0.494 e. The van der Waals surface area contributed by atoms with Gasteiger partial charge in [0.1, 0.15) is 17.6 Å². The molecule has 6 heteroatoms. The highest BCUT2D eigenvalue weighted by atomic mass is 19.1. The molecule has 0 amide bonds. The molecule has 132 valence electrons. The molecule has 2 aromatic carbocycles. The third-order valence-electron chi connectivity index (χ3n) is 4.58. The summed E-state index contributed by atoms with van der Waals surface area (Å²) in [6.45, 7) is 1.72. The Morgan fingerprint density at radius 1 is 1.28 bits per heavy atom. The highest BCUT2D eigenvalue weighted by molar-refractivity contribution is 5.62. The van der Waals surface area contributed by atoms with Crippen LogP contribution in [0.2, 0.25) is 0 Å². The highest BCUT2D eigenvalue weighted by Crippen LogP contribution is 2.33.